The maximum absolute atomic E-state index is 5.99. The van der Waals surface area contributed by atoms with Crippen LogP contribution in [-0.2, 0) is 0 Å². The molecular weight excluding hydrogens is 230 g/mol. The molecule has 0 aliphatic carbocycles. The quantitative estimate of drug-likeness (QED) is 0.893. The normalized spacial score (nSPS) is 12.4. The van der Waals surface area contributed by atoms with Gasteiger partial charge in [0.2, 0.25) is 0 Å². The first-order valence-corrected chi connectivity index (χ1v) is 5.79. The molecule has 1 N–H and O–H groups in total. The highest BCUT2D eigenvalue weighted by atomic mass is 35.5. The average Bonchev–Trinajstić information content (AvgIpc) is 2.74. The lowest BCUT2D eigenvalue weighted by Crippen LogP contribution is -2.07. The van der Waals surface area contributed by atoms with E-state index in [9.17, 15) is 0 Å². The molecule has 0 aliphatic heterocycles. The van der Waals surface area contributed by atoms with Gasteiger partial charge in [-0.2, -0.15) is 0 Å². The van der Waals surface area contributed by atoms with Crippen molar-refractivity contribution in [1.29, 1.82) is 0 Å². The fourth-order valence-electron chi connectivity index (χ4n) is 1.21. The first kappa shape index (κ1) is 10.4. The molecule has 0 saturated heterocycles. The van der Waals surface area contributed by atoms with Crippen LogP contribution in [0.25, 0.3) is 0 Å². The number of nitrogens with zero attached hydrogens (tertiary/aromatic N) is 2. The number of hydrogen-bond acceptors (Lipinski definition) is 4. The standard InChI is InChI=1S/C10H10ClN3S/c1-7(10-13-5-6-15-10)14-9-8(11)3-2-4-12-9/h2-7H,1H3,(H,12,14). The van der Waals surface area contributed by atoms with Crippen molar-refractivity contribution in [2.75, 3.05) is 5.32 Å². The Morgan fingerprint density at radius 1 is 1.40 bits per heavy atom. The van der Waals surface area contributed by atoms with E-state index >= 15 is 0 Å². The van der Waals surface area contributed by atoms with E-state index in [1.807, 2.05) is 24.4 Å². The molecule has 2 aromatic rings. The van der Waals surface area contributed by atoms with E-state index < -0.39 is 0 Å². The van der Waals surface area contributed by atoms with Crippen molar-refractivity contribution in [2.24, 2.45) is 0 Å². The molecule has 2 heterocycles. The first-order chi connectivity index (χ1) is 7.27. The zero-order valence-electron chi connectivity index (χ0n) is 8.14. The van der Waals surface area contributed by atoms with Crippen molar-refractivity contribution < 1.29 is 0 Å². The lowest BCUT2D eigenvalue weighted by Gasteiger charge is -2.12. The highest BCUT2D eigenvalue weighted by Gasteiger charge is 2.09. The third kappa shape index (κ3) is 2.46. The molecular formula is C10H10ClN3S. The van der Waals surface area contributed by atoms with Gasteiger partial charge in [-0.05, 0) is 19.1 Å². The largest absolute Gasteiger partial charge is 0.360 e. The van der Waals surface area contributed by atoms with Crippen LogP contribution in [0.1, 0.15) is 18.0 Å². The van der Waals surface area contributed by atoms with E-state index in [2.05, 4.69) is 15.3 Å². The van der Waals surface area contributed by atoms with Crippen LogP contribution >= 0.6 is 22.9 Å². The molecule has 3 nitrogen and oxygen atoms in total. The van der Waals surface area contributed by atoms with E-state index in [1.54, 1.807) is 23.7 Å². The highest BCUT2D eigenvalue weighted by Crippen LogP contribution is 2.24. The third-order valence-corrected chi connectivity index (χ3v) is 3.20. The Balaban J connectivity index is 2.13. The maximum atomic E-state index is 5.99. The lowest BCUT2D eigenvalue weighted by molar-refractivity contribution is 0.861. The van der Waals surface area contributed by atoms with Crippen LogP contribution in [0.15, 0.2) is 29.9 Å². The van der Waals surface area contributed by atoms with Crippen molar-refractivity contribution in [3.63, 3.8) is 0 Å². The minimum Gasteiger partial charge on any atom is -0.360 e. The van der Waals surface area contributed by atoms with E-state index in [0.29, 0.717) is 10.8 Å². The van der Waals surface area contributed by atoms with Crippen molar-refractivity contribution in [3.8, 4) is 0 Å². The Bertz CT molecular complexity index is 430. The van der Waals surface area contributed by atoms with Crippen LogP contribution in [0.2, 0.25) is 5.02 Å². The molecule has 0 saturated carbocycles. The Labute approximate surface area is 97.2 Å². The van der Waals surface area contributed by atoms with Crippen molar-refractivity contribution in [2.45, 2.75) is 13.0 Å². The van der Waals surface area contributed by atoms with Gasteiger partial charge in [0.05, 0.1) is 11.1 Å². The average molecular weight is 240 g/mol. The van der Waals surface area contributed by atoms with Crippen molar-refractivity contribution in [3.05, 3.63) is 39.9 Å². The SMILES string of the molecule is CC(Nc1ncccc1Cl)c1nccs1. The molecule has 15 heavy (non-hydrogen) atoms. The Morgan fingerprint density at radius 3 is 2.93 bits per heavy atom. The van der Waals surface area contributed by atoms with E-state index in [-0.39, 0.29) is 6.04 Å². The monoisotopic (exact) mass is 239 g/mol. The number of rotatable bonds is 3. The smallest absolute Gasteiger partial charge is 0.145 e. The second kappa shape index (κ2) is 4.59. The molecule has 0 aliphatic rings. The minimum absolute atomic E-state index is 0.123. The summed E-state index contributed by atoms with van der Waals surface area (Å²) in [5, 5.41) is 6.82. The van der Waals surface area contributed by atoms with E-state index in [0.717, 1.165) is 5.01 Å². The van der Waals surface area contributed by atoms with Crippen LogP contribution < -0.4 is 5.32 Å². The Kier molecular flexibility index (Phi) is 3.18. The number of aromatic nitrogens is 2. The van der Waals surface area contributed by atoms with Gasteiger partial charge in [-0.25, -0.2) is 9.97 Å². The second-order valence-corrected chi connectivity index (χ2v) is 4.40. The number of nitrogens with one attached hydrogen (secondary N) is 1. The number of anilines is 1. The molecule has 0 fully saturated rings. The van der Waals surface area contributed by atoms with Gasteiger partial charge in [-0.3, -0.25) is 0 Å². The molecule has 78 valence electrons. The first-order valence-electron chi connectivity index (χ1n) is 4.54. The second-order valence-electron chi connectivity index (χ2n) is 3.07. The van der Waals surface area contributed by atoms with Crippen molar-refractivity contribution in [1.82, 2.24) is 9.97 Å². The summed E-state index contributed by atoms with van der Waals surface area (Å²) in [4.78, 5) is 8.39. The van der Waals surface area contributed by atoms with Crippen LogP contribution in [0.4, 0.5) is 5.82 Å². The van der Waals surface area contributed by atoms with Crippen LogP contribution in [0.5, 0.6) is 0 Å². The van der Waals surface area contributed by atoms with E-state index in [1.165, 1.54) is 0 Å². The Morgan fingerprint density at radius 2 is 2.27 bits per heavy atom. The fraction of sp³-hybridized carbons (Fsp3) is 0.200. The molecule has 2 aromatic heterocycles. The molecule has 0 bridgehead atoms. The zero-order valence-corrected chi connectivity index (χ0v) is 9.72. The molecule has 5 heteroatoms. The number of hydrogen-bond donors (Lipinski definition) is 1. The fourth-order valence-corrected chi connectivity index (χ4v) is 2.03. The van der Waals surface area contributed by atoms with Crippen LogP contribution in [-0.4, -0.2) is 9.97 Å². The van der Waals surface area contributed by atoms with Gasteiger partial charge in [0.15, 0.2) is 0 Å². The number of halogens is 1. The van der Waals surface area contributed by atoms with Crippen LogP contribution in [0.3, 0.4) is 0 Å². The predicted molar refractivity (Wildman–Crippen MR) is 63.4 cm³/mol. The van der Waals surface area contributed by atoms with Gasteiger partial charge in [0.1, 0.15) is 10.8 Å². The van der Waals surface area contributed by atoms with Crippen LogP contribution in [0, 0.1) is 0 Å². The molecule has 1 unspecified atom stereocenters. The summed E-state index contributed by atoms with van der Waals surface area (Å²) in [7, 11) is 0. The predicted octanol–water partition coefficient (Wildman–Crippen LogP) is 3.36. The van der Waals surface area contributed by atoms with E-state index in [4.69, 9.17) is 11.6 Å². The summed E-state index contributed by atoms with van der Waals surface area (Å²) >= 11 is 7.60. The van der Waals surface area contributed by atoms with Gasteiger partial charge < -0.3 is 5.32 Å². The highest BCUT2D eigenvalue weighted by molar-refractivity contribution is 7.09. The molecule has 1 atom stereocenters. The van der Waals surface area contributed by atoms with Gasteiger partial charge in [-0.1, -0.05) is 11.6 Å². The molecule has 0 aromatic carbocycles. The summed E-state index contributed by atoms with van der Waals surface area (Å²) in [5.41, 5.74) is 0. The molecule has 2 rings (SSSR count). The summed E-state index contributed by atoms with van der Waals surface area (Å²) < 4.78 is 0. The zero-order chi connectivity index (χ0) is 10.7. The van der Waals surface area contributed by atoms with Gasteiger partial charge in [0.25, 0.3) is 0 Å². The van der Waals surface area contributed by atoms with Gasteiger partial charge >= 0.3 is 0 Å². The van der Waals surface area contributed by atoms with Crippen molar-refractivity contribution >= 4 is 28.8 Å². The summed E-state index contributed by atoms with van der Waals surface area (Å²) in [6.07, 6.45) is 3.50. The topological polar surface area (TPSA) is 37.8 Å². The summed E-state index contributed by atoms with van der Waals surface area (Å²) in [6.45, 7) is 2.03. The summed E-state index contributed by atoms with van der Waals surface area (Å²) in [5.74, 6) is 0.696. The van der Waals surface area contributed by atoms with Gasteiger partial charge in [0, 0.05) is 17.8 Å². The minimum atomic E-state index is 0.123. The molecule has 0 radical (unpaired) electrons. The van der Waals surface area contributed by atoms with Gasteiger partial charge in [-0.15, -0.1) is 11.3 Å². The lowest BCUT2D eigenvalue weighted by atomic mass is 10.3. The third-order valence-electron chi connectivity index (χ3n) is 1.93. The number of pyridine rings is 1. The maximum Gasteiger partial charge on any atom is 0.145 e. The summed E-state index contributed by atoms with van der Waals surface area (Å²) in [6, 6.07) is 3.74. The Hall–Kier alpha value is -1.13. The number of thiazole rings is 1. The molecule has 0 amide bonds. The molecule has 0 spiro atoms.